The molecule has 4 rings (SSSR count). The van der Waals surface area contributed by atoms with Crippen molar-refractivity contribution in [2.24, 2.45) is 11.8 Å². The molecular formula is C22H30Si. The molecule has 0 nitrogen and oxygen atoms in total. The van der Waals surface area contributed by atoms with Gasteiger partial charge in [0.15, 0.2) is 0 Å². The molecule has 1 atom stereocenters. The molecule has 122 valence electrons. The monoisotopic (exact) mass is 322 g/mol. The van der Waals surface area contributed by atoms with Gasteiger partial charge in [0.1, 0.15) is 8.80 Å². The van der Waals surface area contributed by atoms with E-state index in [4.69, 9.17) is 0 Å². The summed E-state index contributed by atoms with van der Waals surface area (Å²) in [5, 5.41) is 3.61. The Labute approximate surface area is 143 Å². The van der Waals surface area contributed by atoms with Crippen LogP contribution in [0.2, 0.25) is 0 Å². The third kappa shape index (κ3) is 3.26. The molecule has 23 heavy (non-hydrogen) atoms. The van der Waals surface area contributed by atoms with Crippen LogP contribution in [0.15, 0.2) is 52.9 Å². The highest BCUT2D eigenvalue weighted by Crippen LogP contribution is 2.41. The third-order valence-electron chi connectivity index (χ3n) is 6.39. The van der Waals surface area contributed by atoms with E-state index in [-0.39, 0.29) is 0 Å². The minimum absolute atomic E-state index is 0.887. The summed E-state index contributed by atoms with van der Waals surface area (Å²) in [6, 6.07) is 11.4. The van der Waals surface area contributed by atoms with E-state index in [9.17, 15) is 0 Å². The van der Waals surface area contributed by atoms with Crippen molar-refractivity contribution in [3.05, 3.63) is 52.9 Å². The lowest BCUT2D eigenvalue weighted by Gasteiger charge is -2.31. The van der Waals surface area contributed by atoms with Crippen molar-refractivity contribution in [1.29, 1.82) is 0 Å². The van der Waals surface area contributed by atoms with Crippen molar-refractivity contribution in [2.45, 2.75) is 64.2 Å². The summed E-state index contributed by atoms with van der Waals surface area (Å²) in [4.78, 5) is 0. The summed E-state index contributed by atoms with van der Waals surface area (Å²) in [5.41, 5.74) is 4.47. The first-order valence-corrected chi connectivity index (χ1v) is 11.7. The Hall–Kier alpha value is -1.08. The maximum Gasteiger partial charge on any atom is 0.121 e. The van der Waals surface area contributed by atoms with Gasteiger partial charge in [-0.15, -0.1) is 0 Å². The number of hydrogen-bond acceptors (Lipinski definition) is 0. The Kier molecular flexibility index (Phi) is 4.84. The van der Waals surface area contributed by atoms with Crippen molar-refractivity contribution in [3.8, 4) is 0 Å². The molecule has 2 aliphatic carbocycles. The fraction of sp³-hybridized carbons (Fsp3) is 0.545. The molecule has 0 radical (unpaired) electrons. The SMILES string of the molecule is C1=C[SiH](c2ccccc2)C(C2CCCCC2)=C1C1CCCCC1. The number of rotatable bonds is 3. The van der Waals surface area contributed by atoms with E-state index in [1.54, 1.807) is 5.19 Å². The quantitative estimate of drug-likeness (QED) is 0.669. The van der Waals surface area contributed by atoms with Crippen LogP contribution in [0.4, 0.5) is 0 Å². The highest BCUT2D eigenvalue weighted by Gasteiger charge is 2.33. The highest BCUT2D eigenvalue weighted by atomic mass is 28.3. The second kappa shape index (κ2) is 7.21. The fourth-order valence-electron chi connectivity index (χ4n) is 5.22. The van der Waals surface area contributed by atoms with Gasteiger partial charge in [0.25, 0.3) is 0 Å². The standard InChI is InChI=1S/C22H30Si/c1-4-10-18(11-5-1)21-16-17-23(20-14-8-3-9-15-20)22(21)19-12-6-2-7-13-19/h3,8-9,14-19,23H,1-2,4-7,10-13H2. The van der Waals surface area contributed by atoms with E-state index in [0.717, 1.165) is 11.8 Å². The van der Waals surface area contributed by atoms with Gasteiger partial charge in [0, 0.05) is 0 Å². The molecule has 0 bridgehead atoms. The van der Waals surface area contributed by atoms with Gasteiger partial charge in [-0.3, -0.25) is 0 Å². The zero-order valence-corrected chi connectivity index (χ0v) is 15.5. The summed E-state index contributed by atoms with van der Waals surface area (Å²) in [5.74, 6) is 1.80. The molecule has 3 aliphatic rings. The Balaban J connectivity index is 1.69. The van der Waals surface area contributed by atoms with Gasteiger partial charge >= 0.3 is 0 Å². The molecule has 1 unspecified atom stereocenters. The van der Waals surface area contributed by atoms with Crippen LogP contribution in [0.25, 0.3) is 0 Å². The van der Waals surface area contributed by atoms with Gasteiger partial charge in [-0.1, -0.05) is 91.0 Å². The highest BCUT2D eigenvalue weighted by molar-refractivity contribution is 6.85. The van der Waals surface area contributed by atoms with Gasteiger partial charge in [-0.05, 0) is 43.1 Å². The number of benzene rings is 1. The molecule has 1 heteroatoms. The van der Waals surface area contributed by atoms with Crippen molar-refractivity contribution < 1.29 is 0 Å². The maximum absolute atomic E-state index is 2.66. The molecular weight excluding hydrogens is 292 g/mol. The van der Waals surface area contributed by atoms with Gasteiger partial charge in [0.05, 0.1) is 0 Å². The summed E-state index contributed by atoms with van der Waals surface area (Å²) in [6.45, 7) is 0. The fourth-order valence-corrected chi connectivity index (χ4v) is 8.58. The number of hydrogen-bond donors (Lipinski definition) is 0. The van der Waals surface area contributed by atoms with E-state index >= 15 is 0 Å². The van der Waals surface area contributed by atoms with Gasteiger partial charge < -0.3 is 0 Å². The molecule has 1 aromatic rings. The first kappa shape index (κ1) is 15.4. The Morgan fingerprint density at radius 3 is 1.96 bits per heavy atom. The first-order chi connectivity index (χ1) is 11.4. The van der Waals surface area contributed by atoms with Crippen LogP contribution < -0.4 is 5.19 Å². The lowest BCUT2D eigenvalue weighted by Crippen LogP contribution is -2.34. The smallest absolute Gasteiger partial charge is 0.0888 e. The van der Waals surface area contributed by atoms with Crippen molar-refractivity contribution >= 4 is 14.0 Å². The summed E-state index contributed by atoms with van der Waals surface area (Å²) in [6.07, 6.45) is 17.2. The van der Waals surface area contributed by atoms with E-state index in [0.29, 0.717) is 0 Å². The predicted molar refractivity (Wildman–Crippen MR) is 103 cm³/mol. The zero-order valence-electron chi connectivity index (χ0n) is 14.3. The minimum Gasteiger partial charge on any atom is -0.0888 e. The summed E-state index contributed by atoms with van der Waals surface area (Å²) >= 11 is 0. The second-order valence-corrected chi connectivity index (χ2v) is 10.5. The van der Waals surface area contributed by atoms with Crippen LogP contribution in [0, 0.1) is 11.8 Å². The third-order valence-corrected chi connectivity index (χ3v) is 9.54. The molecule has 1 aliphatic heterocycles. The van der Waals surface area contributed by atoms with Crippen LogP contribution in [0.1, 0.15) is 64.2 Å². The lowest BCUT2D eigenvalue weighted by molar-refractivity contribution is 0.388. The summed E-state index contributed by atoms with van der Waals surface area (Å²) < 4.78 is 0. The van der Waals surface area contributed by atoms with Gasteiger partial charge in [-0.25, -0.2) is 0 Å². The minimum atomic E-state index is -1.06. The molecule has 0 spiro atoms. The molecule has 2 saturated carbocycles. The topological polar surface area (TPSA) is 0 Å². The molecule has 0 amide bonds. The van der Waals surface area contributed by atoms with Crippen LogP contribution >= 0.6 is 0 Å². The summed E-state index contributed by atoms with van der Waals surface area (Å²) in [7, 11) is -1.06. The van der Waals surface area contributed by atoms with E-state index in [2.05, 4.69) is 42.1 Å². The van der Waals surface area contributed by atoms with Crippen molar-refractivity contribution in [2.75, 3.05) is 0 Å². The maximum atomic E-state index is 2.66. The van der Waals surface area contributed by atoms with Crippen LogP contribution in [0.3, 0.4) is 0 Å². The Bertz CT molecular complexity index is 571. The molecule has 1 aromatic carbocycles. The van der Waals surface area contributed by atoms with E-state index in [1.165, 1.54) is 64.2 Å². The van der Waals surface area contributed by atoms with Crippen molar-refractivity contribution in [1.82, 2.24) is 0 Å². The molecule has 1 heterocycles. The average Bonchev–Trinajstić information content (AvgIpc) is 3.09. The average molecular weight is 323 g/mol. The molecule has 0 saturated heterocycles. The van der Waals surface area contributed by atoms with E-state index < -0.39 is 8.80 Å². The zero-order chi connectivity index (χ0) is 15.5. The molecule has 0 N–H and O–H groups in total. The molecule has 0 aromatic heterocycles. The predicted octanol–water partition coefficient (Wildman–Crippen LogP) is 5.23. The first-order valence-electron chi connectivity index (χ1n) is 9.90. The van der Waals surface area contributed by atoms with Crippen LogP contribution in [0.5, 0.6) is 0 Å². The Morgan fingerprint density at radius 2 is 1.30 bits per heavy atom. The van der Waals surface area contributed by atoms with Crippen LogP contribution in [-0.2, 0) is 0 Å². The van der Waals surface area contributed by atoms with Crippen molar-refractivity contribution in [3.63, 3.8) is 0 Å². The molecule has 2 fully saturated rings. The van der Waals surface area contributed by atoms with Crippen LogP contribution in [-0.4, -0.2) is 8.80 Å². The normalized spacial score (nSPS) is 26.9. The largest absolute Gasteiger partial charge is 0.121 e. The number of allylic oxidation sites excluding steroid dienone is 3. The van der Waals surface area contributed by atoms with E-state index in [1.807, 2.05) is 10.8 Å². The second-order valence-electron chi connectivity index (χ2n) is 7.83. The van der Waals surface area contributed by atoms with Gasteiger partial charge in [0.2, 0.25) is 0 Å². The van der Waals surface area contributed by atoms with Gasteiger partial charge in [-0.2, -0.15) is 0 Å². The Morgan fingerprint density at radius 1 is 0.696 bits per heavy atom. The lowest BCUT2D eigenvalue weighted by atomic mass is 9.80.